The van der Waals surface area contributed by atoms with E-state index < -0.39 is 6.03 Å². The Morgan fingerprint density at radius 3 is 2.89 bits per heavy atom. The van der Waals surface area contributed by atoms with E-state index in [9.17, 15) is 4.79 Å². The first kappa shape index (κ1) is 7.68. The smallest absolute Gasteiger partial charge is 0.332 e. The molecule has 4 nitrogen and oxygen atoms in total. The molecule has 9 heavy (non-hydrogen) atoms. The lowest BCUT2D eigenvalue weighted by Gasteiger charge is -1.85. The second kappa shape index (κ2) is 4.83. The van der Waals surface area contributed by atoms with Crippen LogP contribution in [-0.2, 0) is 0 Å². The van der Waals surface area contributed by atoms with E-state index in [-0.39, 0.29) is 0 Å². The first-order valence-corrected chi connectivity index (χ1v) is 2.47. The number of allylic oxidation sites excluding steroid dienone is 2. The molecule has 0 aromatic rings. The van der Waals surface area contributed by atoms with Crippen LogP contribution in [0.2, 0.25) is 0 Å². The summed E-state index contributed by atoms with van der Waals surface area (Å²) >= 11 is 0. The number of nitrogens with zero attached hydrogens (tertiary/aromatic N) is 1. The molecule has 0 unspecified atom stereocenters. The fourth-order valence-electron chi connectivity index (χ4n) is 0.230. The fraction of sp³-hybridized carbons (Fsp3) is 0.200. The average Bonchev–Trinajstić information content (AvgIpc) is 1.80. The monoisotopic (exact) mass is 127 g/mol. The molecular formula is C5H9N3O. The van der Waals surface area contributed by atoms with Crippen molar-refractivity contribution in [1.29, 1.82) is 0 Å². The van der Waals surface area contributed by atoms with Crippen molar-refractivity contribution in [2.75, 3.05) is 0 Å². The van der Waals surface area contributed by atoms with Gasteiger partial charge >= 0.3 is 6.03 Å². The van der Waals surface area contributed by atoms with Crippen molar-refractivity contribution in [3.8, 4) is 0 Å². The number of hydrogen-bond donors (Lipinski definition) is 2. The van der Waals surface area contributed by atoms with Crippen molar-refractivity contribution in [2.24, 2.45) is 10.8 Å². The second-order valence-corrected chi connectivity index (χ2v) is 1.28. The molecule has 0 heterocycles. The quantitative estimate of drug-likeness (QED) is 0.404. The van der Waals surface area contributed by atoms with Crippen LogP contribution in [0.3, 0.4) is 0 Å². The van der Waals surface area contributed by atoms with Crippen LogP contribution in [-0.4, -0.2) is 12.2 Å². The molecule has 0 aliphatic rings. The summed E-state index contributed by atoms with van der Waals surface area (Å²) in [7, 11) is 0. The summed E-state index contributed by atoms with van der Waals surface area (Å²) in [4.78, 5) is 9.94. The van der Waals surface area contributed by atoms with Crippen LogP contribution in [0.4, 0.5) is 4.79 Å². The zero-order chi connectivity index (χ0) is 7.11. The van der Waals surface area contributed by atoms with E-state index >= 15 is 0 Å². The molecule has 0 saturated carbocycles. The summed E-state index contributed by atoms with van der Waals surface area (Å²) < 4.78 is 0. The molecule has 0 aromatic carbocycles. The van der Waals surface area contributed by atoms with Crippen molar-refractivity contribution in [1.82, 2.24) is 5.43 Å². The molecule has 0 saturated heterocycles. The van der Waals surface area contributed by atoms with Crippen molar-refractivity contribution in [2.45, 2.75) is 6.92 Å². The van der Waals surface area contributed by atoms with Gasteiger partial charge in [0.25, 0.3) is 0 Å². The van der Waals surface area contributed by atoms with Gasteiger partial charge in [-0.25, -0.2) is 10.2 Å². The van der Waals surface area contributed by atoms with Crippen molar-refractivity contribution in [3.05, 3.63) is 12.2 Å². The number of hydrogen-bond acceptors (Lipinski definition) is 2. The molecule has 3 N–H and O–H groups in total. The minimum absolute atomic E-state index is 0.657. The van der Waals surface area contributed by atoms with E-state index in [4.69, 9.17) is 0 Å². The number of carbonyl (C=O) groups is 1. The van der Waals surface area contributed by atoms with E-state index in [1.165, 1.54) is 6.21 Å². The Morgan fingerprint density at radius 1 is 1.78 bits per heavy atom. The highest BCUT2D eigenvalue weighted by Gasteiger charge is 1.79. The lowest BCUT2D eigenvalue weighted by atomic mass is 10.6. The normalized spacial score (nSPS) is 10.8. The highest BCUT2D eigenvalue weighted by atomic mass is 16.2. The number of primary amides is 1. The number of nitrogens with one attached hydrogen (secondary N) is 1. The van der Waals surface area contributed by atoms with Gasteiger partial charge in [-0.1, -0.05) is 6.08 Å². The van der Waals surface area contributed by atoms with Gasteiger partial charge in [0.05, 0.1) is 0 Å². The molecule has 0 spiro atoms. The Balaban J connectivity index is 3.36. The molecule has 0 aliphatic carbocycles. The highest BCUT2D eigenvalue weighted by molar-refractivity contribution is 5.75. The van der Waals surface area contributed by atoms with E-state index in [1.54, 1.807) is 12.2 Å². The van der Waals surface area contributed by atoms with Gasteiger partial charge in [0, 0.05) is 6.21 Å². The maximum atomic E-state index is 9.94. The molecule has 50 valence electrons. The maximum absolute atomic E-state index is 9.94. The Hall–Kier alpha value is -1.32. The van der Waals surface area contributed by atoms with E-state index in [0.717, 1.165) is 0 Å². The fourth-order valence-corrected chi connectivity index (χ4v) is 0.230. The largest absolute Gasteiger partial charge is 0.350 e. The standard InChI is InChI=1S/C5H9N3O/c1-2-3-4-7-8-5(6)9/h2-4H,1H3,(H3,6,8,9)/b3-2+,7-4+. The van der Waals surface area contributed by atoms with Gasteiger partial charge in [-0.15, -0.1) is 0 Å². The summed E-state index contributed by atoms with van der Waals surface area (Å²) in [6.07, 6.45) is 4.90. The Morgan fingerprint density at radius 2 is 2.44 bits per heavy atom. The van der Waals surface area contributed by atoms with Gasteiger partial charge in [0.2, 0.25) is 0 Å². The Labute approximate surface area is 53.4 Å². The van der Waals surface area contributed by atoms with Crippen molar-refractivity contribution >= 4 is 12.2 Å². The lowest BCUT2D eigenvalue weighted by molar-refractivity contribution is 0.249. The summed E-state index contributed by atoms with van der Waals surface area (Å²) in [5.41, 5.74) is 6.72. The zero-order valence-corrected chi connectivity index (χ0v) is 5.16. The highest BCUT2D eigenvalue weighted by Crippen LogP contribution is 1.62. The molecule has 0 radical (unpaired) electrons. The number of hydrazone groups is 1. The van der Waals surface area contributed by atoms with Crippen molar-refractivity contribution in [3.63, 3.8) is 0 Å². The van der Waals surface area contributed by atoms with Gasteiger partial charge in [0.1, 0.15) is 0 Å². The molecule has 0 aromatic heterocycles. The van der Waals surface area contributed by atoms with Crippen LogP contribution in [0, 0.1) is 0 Å². The number of carbonyl (C=O) groups excluding carboxylic acids is 1. The van der Waals surface area contributed by atoms with Crippen LogP contribution in [0.25, 0.3) is 0 Å². The van der Waals surface area contributed by atoms with Crippen LogP contribution >= 0.6 is 0 Å². The van der Waals surface area contributed by atoms with Gasteiger partial charge in [-0.05, 0) is 13.0 Å². The molecule has 0 bridgehead atoms. The maximum Gasteiger partial charge on any atom is 0.332 e. The average molecular weight is 127 g/mol. The summed E-state index contributed by atoms with van der Waals surface area (Å²) in [6, 6.07) is -0.657. The molecule has 2 amide bonds. The molecule has 0 atom stereocenters. The Bertz CT molecular complexity index is 139. The number of nitrogens with two attached hydrogens (primary N) is 1. The molecular weight excluding hydrogens is 118 g/mol. The topological polar surface area (TPSA) is 67.5 Å². The lowest BCUT2D eigenvalue weighted by Crippen LogP contribution is -2.24. The minimum Gasteiger partial charge on any atom is -0.350 e. The van der Waals surface area contributed by atoms with Crippen LogP contribution in [0.15, 0.2) is 17.3 Å². The number of urea groups is 1. The number of rotatable bonds is 2. The van der Waals surface area contributed by atoms with E-state index in [1.807, 2.05) is 12.3 Å². The SMILES string of the molecule is C/C=C/C=N/NC(N)=O. The first-order valence-electron chi connectivity index (χ1n) is 2.47. The minimum atomic E-state index is -0.657. The van der Waals surface area contributed by atoms with Gasteiger partial charge in [-0.3, -0.25) is 0 Å². The number of amides is 2. The first-order chi connectivity index (χ1) is 4.27. The third-order valence-corrected chi connectivity index (χ3v) is 0.528. The summed E-state index contributed by atoms with van der Waals surface area (Å²) in [6.45, 7) is 1.84. The third kappa shape index (κ3) is 6.68. The summed E-state index contributed by atoms with van der Waals surface area (Å²) in [5, 5.41) is 3.42. The van der Waals surface area contributed by atoms with Gasteiger partial charge in [-0.2, -0.15) is 5.10 Å². The molecule has 4 heteroatoms. The van der Waals surface area contributed by atoms with E-state index in [0.29, 0.717) is 0 Å². The third-order valence-electron chi connectivity index (χ3n) is 0.528. The van der Waals surface area contributed by atoms with Crippen LogP contribution in [0.5, 0.6) is 0 Å². The zero-order valence-electron chi connectivity index (χ0n) is 5.16. The van der Waals surface area contributed by atoms with Crippen molar-refractivity contribution < 1.29 is 4.79 Å². The molecule has 0 rings (SSSR count). The predicted molar refractivity (Wildman–Crippen MR) is 36.0 cm³/mol. The second-order valence-electron chi connectivity index (χ2n) is 1.28. The molecule has 0 aliphatic heterocycles. The van der Waals surface area contributed by atoms with E-state index in [2.05, 4.69) is 10.8 Å². The van der Waals surface area contributed by atoms with Gasteiger partial charge < -0.3 is 5.73 Å². The molecule has 0 fully saturated rings. The predicted octanol–water partition coefficient (Wildman–Crippen LogP) is 0.217. The van der Waals surface area contributed by atoms with Crippen LogP contribution in [0.1, 0.15) is 6.92 Å². The van der Waals surface area contributed by atoms with Gasteiger partial charge in [0.15, 0.2) is 0 Å². The summed E-state index contributed by atoms with van der Waals surface area (Å²) in [5.74, 6) is 0. The Kier molecular flexibility index (Phi) is 4.12. The van der Waals surface area contributed by atoms with Crippen LogP contribution < -0.4 is 11.2 Å².